The Morgan fingerprint density at radius 1 is 1.48 bits per heavy atom. The summed E-state index contributed by atoms with van der Waals surface area (Å²) in [4.78, 5) is 11.5. The van der Waals surface area contributed by atoms with E-state index in [1.165, 1.54) is 0 Å². The van der Waals surface area contributed by atoms with Gasteiger partial charge in [0.05, 0.1) is 10.7 Å². The van der Waals surface area contributed by atoms with Crippen molar-refractivity contribution in [1.29, 1.82) is 0 Å². The third-order valence-corrected chi connectivity index (χ3v) is 3.63. The fourth-order valence-corrected chi connectivity index (χ4v) is 2.31. The van der Waals surface area contributed by atoms with Crippen molar-refractivity contribution < 1.29 is 4.79 Å². The quantitative estimate of drug-likeness (QED) is 0.889. The van der Waals surface area contributed by atoms with Crippen molar-refractivity contribution in [3.63, 3.8) is 0 Å². The summed E-state index contributed by atoms with van der Waals surface area (Å²) in [6.07, 6.45) is 3.43. The van der Waals surface area contributed by atoms with Crippen molar-refractivity contribution in [2.24, 2.45) is 5.73 Å². The molecule has 2 rings (SSSR count). The molecular formula is C15H19ClN4O. The normalized spacial score (nSPS) is 12.2. The molecule has 0 aliphatic heterocycles. The van der Waals surface area contributed by atoms with E-state index in [0.717, 1.165) is 24.1 Å². The number of halogens is 1. The molecule has 0 aliphatic rings. The van der Waals surface area contributed by atoms with Crippen LogP contribution in [0.3, 0.4) is 0 Å². The first-order valence-electron chi connectivity index (χ1n) is 6.87. The number of hydrogen-bond acceptors (Lipinski definition) is 3. The molecule has 1 amide bonds. The van der Waals surface area contributed by atoms with Gasteiger partial charge in [0.1, 0.15) is 0 Å². The minimum Gasteiger partial charge on any atom is -0.354 e. The lowest BCUT2D eigenvalue weighted by atomic mass is 10.0. The molecule has 0 bridgehead atoms. The van der Waals surface area contributed by atoms with Gasteiger partial charge in [0.15, 0.2) is 5.69 Å². The van der Waals surface area contributed by atoms with Gasteiger partial charge in [-0.05, 0) is 36.6 Å². The van der Waals surface area contributed by atoms with Crippen molar-refractivity contribution in [3.05, 3.63) is 46.7 Å². The molecule has 0 spiro atoms. The van der Waals surface area contributed by atoms with Gasteiger partial charge >= 0.3 is 0 Å². The average molecular weight is 307 g/mol. The minimum absolute atomic E-state index is 0.136. The molecule has 2 aromatic rings. The van der Waals surface area contributed by atoms with Crippen molar-refractivity contribution in [3.8, 4) is 5.69 Å². The molecule has 1 aromatic heterocycles. The molecule has 1 unspecified atom stereocenters. The number of nitrogens with zero attached hydrogens (tertiary/aromatic N) is 2. The van der Waals surface area contributed by atoms with E-state index < -0.39 is 0 Å². The Labute approximate surface area is 129 Å². The zero-order valence-corrected chi connectivity index (χ0v) is 12.9. The first kappa shape index (κ1) is 15.5. The number of aromatic nitrogens is 2. The van der Waals surface area contributed by atoms with E-state index in [1.54, 1.807) is 24.0 Å². The third-order valence-electron chi connectivity index (χ3n) is 3.33. The molecule has 1 heterocycles. The van der Waals surface area contributed by atoms with Gasteiger partial charge in [-0.3, -0.25) is 4.79 Å². The molecule has 0 radical (unpaired) electrons. The molecule has 1 aromatic carbocycles. The molecular weight excluding hydrogens is 288 g/mol. The van der Waals surface area contributed by atoms with Gasteiger partial charge in [-0.25, -0.2) is 4.68 Å². The summed E-state index contributed by atoms with van der Waals surface area (Å²) in [5, 5.41) is 7.34. The van der Waals surface area contributed by atoms with E-state index >= 15 is 0 Å². The second-order valence-electron chi connectivity index (χ2n) is 4.88. The van der Waals surface area contributed by atoms with Crippen LogP contribution in [0.1, 0.15) is 29.4 Å². The zero-order valence-electron chi connectivity index (χ0n) is 12.1. The number of nitrogens with two attached hydrogens (primary N) is 1. The molecule has 0 fully saturated rings. The Kier molecular flexibility index (Phi) is 4.98. The Hall–Kier alpha value is -1.85. The van der Waals surface area contributed by atoms with Crippen LogP contribution in [0.5, 0.6) is 0 Å². The first-order chi connectivity index (χ1) is 10.0. The zero-order chi connectivity index (χ0) is 15.4. The molecule has 0 saturated heterocycles. The highest BCUT2D eigenvalue weighted by molar-refractivity contribution is 6.32. The van der Waals surface area contributed by atoms with Crippen molar-refractivity contribution >= 4 is 17.5 Å². The average Bonchev–Trinajstić information content (AvgIpc) is 2.96. The number of carbonyl (C=O) groups is 1. The predicted octanol–water partition coefficient (Wildman–Crippen LogP) is 2.17. The predicted molar refractivity (Wildman–Crippen MR) is 83.9 cm³/mol. The maximum absolute atomic E-state index is 11.5. The van der Waals surface area contributed by atoms with Crippen LogP contribution in [0, 0.1) is 0 Å². The number of benzene rings is 1. The molecule has 0 saturated carbocycles. The largest absolute Gasteiger partial charge is 0.354 e. The Balaban J connectivity index is 2.24. The van der Waals surface area contributed by atoms with Crippen LogP contribution in [0.4, 0.5) is 0 Å². The molecule has 5 nitrogen and oxygen atoms in total. The Bertz CT molecular complexity index is 638. The van der Waals surface area contributed by atoms with E-state index in [0.29, 0.717) is 10.7 Å². The third kappa shape index (κ3) is 3.62. The van der Waals surface area contributed by atoms with Crippen LogP contribution in [0.25, 0.3) is 5.69 Å². The monoisotopic (exact) mass is 306 g/mol. The van der Waals surface area contributed by atoms with Crippen LogP contribution in [0.2, 0.25) is 5.02 Å². The number of carbonyl (C=O) groups excluding carboxylic acids is 1. The molecule has 1 atom stereocenters. The van der Waals surface area contributed by atoms with Gasteiger partial charge < -0.3 is 11.1 Å². The van der Waals surface area contributed by atoms with Crippen molar-refractivity contribution in [2.45, 2.75) is 25.8 Å². The van der Waals surface area contributed by atoms with E-state index in [4.69, 9.17) is 17.3 Å². The molecule has 3 N–H and O–H groups in total. The van der Waals surface area contributed by atoms with Gasteiger partial charge in [0.25, 0.3) is 5.91 Å². The van der Waals surface area contributed by atoms with Gasteiger partial charge in [-0.15, -0.1) is 0 Å². The topological polar surface area (TPSA) is 72.9 Å². The lowest BCUT2D eigenvalue weighted by Crippen LogP contribution is -2.21. The molecule has 112 valence electrons. The highest BCUT2D eigenvalue weighted by atomic mass is 35.5. The minimum atomic E-state index is -0.226. The van der Waals surface area contributed by atoms with Crippen LogP contribution < -0.4 is 11.1 Å². The van der Waals surface area contributed by atoms with E-state index in [-0.39, 0.29) is 11.9 Å². The second-order valence-corrected chi connectivity index (χ2v) is 5.29. The fraction of sp³-hybridized carbons (Fsp3) is 0.333. The Morgan fingerprint density at radius 3 is 2.86 bits per heavy atom. The highest BCUT2D eigenvalue weighted by Gasteiger charge is 2.11. The number of rotatable bonds is 5. The van der Waals surface area contributed by atoms with Crippen LogP contribution in [0.15, 0.2) is 30.5 Å². The van der Waals surface area contributed by atoms with E-state index in [2.05, 4.69) is 17.3 Å². The van der Waals surface area contributed by atoms with Gasteiger partial charge in [-0.1, -0.05) is 24.6 Å². The van der Waals surface area contributed by atoms with Crippen LogP contribution in [-0.2, 0) is 6.42 Å². The Morgan fingerprint density at radius 2 is 2.24 bits per heavy atom. The summed E-state index contributed by atoms with van der Waals surface area (Å²) < 4.78 is 1.59. The van der Waals surface area contributed by atoms with Crippen LogP contribution in [-0.4, -0.2) is 28.8 Å². The maximum Gasteiger partial charge on any atom is 0.271 e. The summed E-state index contributed by atoms with van der Waals surface area (Å²) in [6.45, 7) is 2.06. The molecule has 0 aliphatic carbocycles. The smallest absolute Gasteiger partial charge is 0.271 e. The van der Waals surface area contributed by atoms with Gasteiger partial charge in [0.2, 0.25) is 0 Å². The number of amides is 1. The van der Waals surface area contributed by atoms with Crippen molar-refractivity contribution in [1.82, 2.24) is 15.1 Å². The lowest BCUT2D eigenvalue weighted by Gasteiger charge is -2.11. The standard InChI is InChI=1S/C15H19ClN4O/c1-3-11(17)8-10-4-5-14(12(16)9-10)20-7-6-13(19-20)15(21)18-2/h4-7,9,11H,3,8,17H2,1-2H3,(H,18,21). The SMILES string of the molecule is CCC(N)Cc1ccc(-n2ccc(C(=O)NC)n2)c(Cl)c1. The molecule has 6 heteroatoms. The van der Waals surface area contributed by atoms with Gasteiger partial charge in [-0.2, -0.15) is 5.10 Å². The van der Waals surface area contributed by atoms with Crippen molar-refractivity contribution in [2.75, 3.05) is 7.05 Å². The van der Waals surface area contributed by atoms with Gasteiger partial charge in [0, 0.05) is 19.3 Å². The lowest BCUT2D eigenvalue weighted by molar-refractivity contribution is 0.0957. The highest BCUT2D eigenvalue weighted by Crippen LogP contribution is 2.22. The second kappa shape index (κ2) is 6.74. The number of hydrogen-bond donors (Lipinski definition) is 2. The first-order valence-corrected chi connectivity index (χ1v) is 7.25. The van der Waals surface area contributed by atoms with E-state index in [1.807, 2.05) is 18.2 Å². The van der Waals surface area contributed by atoms with E-state index in [9.17, 15) is 4.79 Å². The molecule has 21 heavy (non-hydrogen) atoms. The summed E-state index contributed by atoms with van der Waals surface area (Å²) in [5.41, 5.74) is 8.13. The summed E-state index contributed by atoms with van der Waals surface area (Å²) in [7, 11) is 1.57. The summed E-state index contributed by atoms with van der Waals surface area (Å²) >= 11 is 6.31. The maximum atomic E-state index is 11.5. The fourth-order valence-electron chi connectivity index (χ4n) is 2.02. The summed E-state index contributed by atoms with van der Waals surface area (Å²) in [6, 6.07) is 7.55. The number of nitrogens with one attached hydrogen (secondary N) is 1. The van der Waals surface area contributed by atoms with Crippen LogP contribution >= 0.6 is 11.6 Å². The summed E-state index contributed by atoms with van der Waals surface area (Å²) in [5.74, 6) is -0.226.